The molecule has 0 radical (unpaired) electrons. The molecule has 0 aliphatic carbocycles. The third-order valence-electron chi connectivity index (χ3n) is 4.08. The first-order valence-electron chi connectivity index (χ1n) is 9.20. The molecule has 0 bridgehead atoms. The summed E-state index contributed by atoms with van der Waals surface area (Å²) in [4.78, 5) is 24.7. The summed E-state index contributed by atoms with van der Waals surface area (Å²) in [7, 11) is -3.89. The molecule has 0 aromatic heterocycles. The quantitative estimate of drug-likeness (QED) is 0.424. The number of rotatable bonds is 9. The lowest BCUT2D eigenvalue weighted by molar-refractivity contribution is -0.123. The number of carbonyl (C=O) groups excluding carboxylic acids is 2. The fraction of sp³-hybridized carbons (Fsp3) is 0.300. The summed E-state index contributed by atoms with van der Waals surface area (Å²) in [5, 5.41) is 10.8. The molecule has 0 spiro atoms. The number of anilines is 2. The van der Waals surface area contributed by atoms with Gasteiger partial charge in [-0.05, 0) is 43.7 Å². The highest BCUT2D eigenvalue weighted by Crippen LogP contribution is 2.18. The Morgan fingerprint density at radius 2 is 1.86 bits per heavy atom. The molecule has 156 valence electrons. The minimum atomic E-state index is -3.89. The zero-order valence-corrected chi connectivity index (χ0v) is 17.2. The predicted molar refractivity (Wildman–Crippen MR) is 111 cm³/mol. The van der Waals surface area contributed by atoms with E-state index in [1.165, 1.54) is 31.2 Å². The predicted octanol–water partition coefficient (Wildman–Crippen LogP) is 2.73. The molecular weight excluding hydrogens is 394 g/mol. The Morgan fingerprint density at radius 1 is 1.14 bits per heavy atom. The van der Waals surface area contributed by atoms with E-state index in [0.717, 1.165) is 19.4 Å². The standard InChI is InChI=1S/C20H25N3O5S/c1-3-4-12-22-18-11-6-5-10-17(18)20(25)28-14(2)19(24)23-15-8-7-9-16(13-15)29(21,26)27/h5-11,13-14,22H,3-4,12H2,1-2H3,(H,23,24)(H2,21,26,27). The summed E-state index contributed by atoms with van der Waals surface area (Å²) in [6.07, 6.45) is 0.882. The van der Waals surface area contributed by atoms with Crippen LogP contribution >= 0.6 is 0 Å². The number of amides is 1. The zero-order valence-electron chi connectivity index (χ0n) is 16.3. The summed E-state index contributed by atoms with van der Waals surface area (Å²) >= 11 is 0. The lowest BCUT2D eigenvalue weighted by Gasteiger charge is -2.16. The molecule has 1 amide bonds. The molecule has 29 heavy (non-hydrogen) atoms. The normalized spacial score (nSPS) is 12.1. The molecular formula is C20H25N3O5S. The van der Waals surface area contributed by atoms with Gasteiger partial charge < -0.3 is 15.4 Å². The van der Waals surface area contributed by atoms with Crippen LogP contribution in [0.25, 0.3) is 0 Å². The van der Waals surface area contributed by atoms with E-state index in [4.69, 9.17) is 9.88 Å². The van der Waals surface area contributed by atoms with Gasteiger partial charge in [-0.25, -0.2) is 18.4 Å². The number of sulfonamides is 1. The van der Waals surface area contributed by atoms with E-state index in [0.29, 0.717) is 11.3 Å². The molecule has 9 heteroatoms. The van der Waals surface area contributed by atoms with Crippen LogP contribution in [0.3, 0.4) is 0 Å². The van der Waals surface area contributed by atoms with Crippen molar-refractivity contribution in [3.63, 3.8) is 0 Å². The summed E-state index contributed by atoms with van der Waals surface area (Å²) < 4.78 is 28.1. The molecule has 1 atom stereocenters. The number of para-hydroxylation sites is 1. The van der Waals surface area contributed by atoms with Gasteiger partial charge in [0.1, 0.15) is 0 Å². The van der Waals surface area contributed by atoms with Crippen LogP contribution in [-0.4, -0.2) is 32.9 Å². The molecule has 4 N–H and O–H groups in total. The van der Waals surface area contributed by atoms with E-state index in [2.05, 4.69) is 17.6 Å². The van der Waals surface area contributed by atoms with Crippen LogP contribution in [0.5, 0.6) is 0 Å². The van der Waals surface area contributed by atoms with E-state index >= 15 is 0 Å². The van der Waals surface area contributed by atoms with Crippen molar-refractivity contribution in [2.75, 3.05) is 17.2 Å². The third kappa shape index (κ3) is 6.58. The third-order valence-corrected chi connectivity index (χ3v) is 4.99. The molecule has 2 aromatic carbocycles. The van der Waals surface area contributed by atoms with Gasteiger partial charge in [0.25, 0.3) is 5.91 Å². The maximum atomic E-state index is 12.5. The number of hydrogen-bond acceptors (Lipinski definition) is 6. The Hall–Kier alpha value is -2.91. The summed E-state index contributed by atoms with van der Waals surface area (Å²) in [6, 6.07) is 12.4. The van der Waals surface area contributed by atoms with Crippen LogP contribution in [0.15, 0.2) is 53.4 Å². The van der Waals surface area contributed by atoms with Gasteiger partial charge in [0.05, 0.1) is 10.5 Å². The van der Waals surface area contributed by atoms with Crippen molar-refractivity contribution in [3.05, 3.63) is 54.1 Å². The Bertz CT molecular complexity index is 976. The van der Waals surface area contributed by atoms with Gasteiger partial charge in [-0.3, -0.25) is 4.79 Å². The van der Waals surface area contributed by atoms with Crippen molar-refractivity contribution in [2.45, 2.75) is 37.7 Å². The largest absolute Gasteiger partial charge is 0.449 e. The van der Waals surface area contributed by atoms with Crippen molar-refractivity contribution < 1.29 is 22.7 Å². The van der Waals surface area contributed by atoms with Crippen LogP contribution < -0.4 is 15.8 Å². The van der Waals surface area contributed by atoms with Gasteiger partial charge in [0.15, 0.2) is 6.10 Å². The van der Waals surface area contributed by atoms with Crippen LogP contribution in [0.4, 0.5) is 11.4 Å². The van der Waals surface area contributed by atoms with Crippen molar-refractivity contribution in [1.82, 2.24) is 0 Å². The molecule has 0 fully saturated rings. The monoisotopic (exact) mass is 419 g/mol. The van der Waals surface area contributed by atoms with E-state index in [1.54, 1.807) is 24.3 Å². The maximum absolute atomic E-state index is 12.5. The number of unbranched alkanes of at least 4 members (excludes halogenated alkanes) is 1. The van der Waals surface area contributed by atoms with Crippen molar-refractivity contribution in [1.29, 1.82) is 0 Å². The minimum absolute atomic E-state index is 0.132. The maximum Gasteiger partial charge on any atom is 0.341 e. The second-order valence-electron chi connectivity index (χ2n) is 6.44. The first-order chi connectivity index (χ1) is 13.7. The van der Waals surface area contributed by atoms with Crippen LogP contribution in [0.2, 0.25) is 0 Å². The Labute approximate surface area is 170 Å². The molecule has 2 rings (SSSR count). The fourth-order valence-electron chi connectivity index (χ4n) is 2.49. The highest BCUT2D eigenvalue weighted by atomic mass is 32.2. The molecule has 8 nitrogen and oxygen atoms in total. The van der Waals surface area contributed by atoms with E-state index < -0.39 is 28.0 Å². The zero-order chi connectivity index (χ0) is 21.4. The van der Waals surface area contributed by atoms with Gasteiger partial charge in [-0.15, -0.1) is 0 Å². The van der Waals surface area contributed by atoms with Gasteiger partial charge in [-0.1, -0.05) is 31.5 Å². The average molecular weight is 420 g/mol. The highest BCUT2D eigenvalue weighted by Gasteiger charge is 2.21. The molecule has 0 saturated heterocycles. The van der Waals surface area contributed by atoms with Crippen molar-refractivity contribution in [2.24, 2.45) is 5.14 Å². The number of nitrogens with two attached hydrogens (primary N) is 1. The Kier molecular flexibility index (Phi) is 7.74. The second-order valence-corrected chi connectivity index (χ2v) is 8.00. The number of nitrogens with one attached hydrogen (secondary N) is 2. The summed E-state index contributed by atoms with van der Waals surface area (Å²) in [5.41, 5.74) is 1.20. The molecule has 0 aliphatic heterocycles. The lowest BCUT2D eigenvalue weighted by Crippen LogP contribution is -2.30. The van der Waals surface area contributed by atoms with Crippen LogP contribution in [-0.2, 0) is 19.6 Å². The number of hydrogen-bond donors (Lipinski definition) is 3. The molecule has 0 heterocycles. The summed E-state index contributed by atoms with van der Waals surface area (Å²) in [6.45, 7) is 4.22. The number of esters is 1. The van der Waals surface area contributed by atoms with E-state index in [-0.39, 0.29) is 10.6 Å². The average Bonchev–Trinajstić information content (AvgIpc) is 2.68. The van der Waals surface area contributed by atoms with Crippen molar-refractivity contribution >= 4 is 33.3 Å². The highest BCUT2D eigenvalue weighted by molar-refractivity contribution is 7.89. The first-order valence-corrected chi connectivity index (χ1v) is 10.7. The molecule has 0 aliphatic rings. The topological polar surface area (TPSA) is 128 Å². The van der Waals surface area contributed by atoms with E-state index in [9.17, 15) is 18.0 Å². The molecule has 0 saturated carbocycles. The second kappa shape index (κ2) is 10.0. The number of ether oxygens (including phenoxy) is 1. The van der Waals surface area contributed by atoms with Gasteiger partial charge in [0, 0.05) is 17.9 Å². The number of carbonyl (C=O) groups is 2. The van der Waals surface area contributed by atoms with Crippen LogP contribution in [0.1, 0.15) is 37.0 Å². The van der Waals surface area contributed by atoms with E-state index in [1.807, 2.05) is 0 Å². The fourth-order valence-corrected chi connectivity index (χ4v) is 3.05. The SMILES string of the molecule is CCCCNc1ccccc1C(=O)OC(C)C(=O)Nc1cccc(S(N)(=O)=O)c1. The van der Waals surface area contributed by atoms with Crippen molar-refractivity contribution in [3.8, 4) is 0 Å². The Balaban J connectivity index is 2.04. The molecule has 2 aromatic rings. The summed E-state index contributed by atoms with van der Waals surface area (Å²) in [5.74, 6) is -1.23. The number of benzene rings is 2. The van der Waals surface area contributed by atoms with Gasteiger partial charge in [-0.2, -0.15) is 0 Å². The first kappa shape index (κ1) is 22.4. The lowest BCUT2D eigenvalue weighted by atomic mass is 10.1. The number of primary sulfonamides is 1. The van der Waals surface area contributed by atoms with Gasteiger partial charge in [0.2, 0.25) is 10.0 Å². The van der Waals surface area contributed by atoms with Crippen LogP contribution in [0, 0.1) is 0 Å². The van der Waals surface area contributed by atoms with Gasteiger partial charge >= 0.3 is 5.97 Å². The Morgan fingerprint density at radius 3 is 2.55 bits per heavy atom. The molecule has 1 unspecified atom stereocenters. The minimum Gasteiger partial charge on any atom is -0.449 e. The smallest absolute Gasteiger partial charge is 0.341 e.